The number of nitrogens with one attached hydrogen (secondary N) is 1. The molecular weight excluding hydrogens is 273 g/mol. The molecule has 2 aromatic carbocycles. The van der Waals surface area contributed by atoms with Gasteiger partial charge in [0.1, 0.15) is 5.82 Å². The molecule has 0 aliphatic rings. The van der Waals surface area contributed by atoms with Crippen LogP contribution in [0.3, 0.4) is 0 Å². The van der Waals surface area contributed by atoms with Crippen molar-refractivity contribution in [2.45, 2.75) is 25.3 Å². The van der Waals surface area contributed by atoms with E-state index in [9.17, 15) is 4.39 Å². The summed E-state index contributed by atoms with van der Waals surface area (Å²) >= 11 is 6.12. The van der Waals surface area contributed by atoms with E-state index in [1.807, 2.05) is 25.2 Å². The molecule has 0 radical (unpaired) electrons. The first-order valence-corrected chi connectivity index (χ1v) is 7.25. The topological polar surface area (TPSA) is 12.0 Å². The molecule has 1 unspecified atom stereocenters. The maximum absolute atomic E-state index is 13.9. The van der Waals surface area contributed by atoms with Crippen LogP contribution in [0.2, 0.25) is 5.02 Å². The predicted octanol–water partition coefficient (Wildman–Crippen LogP) is 4.76. The molecule has 0 amide bonds. The van der Waals surface area contributed by atoms with Crippen LogP contribution in [0.25, 0.3) is 0 Å². The Morgan fingerprint density at radius 1 is 1.10 bits per heavy atom. The molecule has 2 aromatic rings. The number of hydrogen-bond acceptors (Lipinski definition) is 1. The van der Waals surface area contributed by atoms with Crippen molar-refractivity contribution in [2.75, 3.05) is 7.05 Å². The summed E-state index contributed by atoms with van der Waals surface area (Å²) in [5.41, 5.74) is 1.88. The van der Waals surface area contributed by atoms with Crippen LogP contribution in [0, 0.1) is 5.82 Å². The van der Waals surface area contributed by atoms with Gasteiger partial charge in [-0.1, -0.05) is 48.0 Å². The maximum Gasteiger partial charge on any atom is 0.129 e. The van der Waals surface area contributed by atoms with E-state index in [-0.39, 0.29) is 11.9 Å². The number of rotatable bonds is 6. The van der Waals surface area contributed by atoms with Crippen LogP contribution in [0.15, 0.2) is 48.5 Å². The second-order valence-corrected chi connectivity index (χ2v) is 5.26. The van der Waals surface area contributed by atoms with E-state index in [1.54, 1.807) is 12.1 Å². The molecule has 0 fully saturated rings. The van der Waals surface area contributed by atoms with Gasteiger partial charge in [0.2, 0.25) is 0 Å². The Labute approximate surface area is 124 Å². The van der Waals surface area contributed by atoms with Gasteiger partial charge in [-0.05, 0) is 44.0 Å². The summed E-state index contributed by atoms with van der Waals surface area (Å²) in [4.78, 5) is 0. The van der Waals surface area contributed by atoms with Gasteiger partial charge in [0.25, 0.3) is 0 Å². The molecule has 1 nitrogen and oxygen atoms in total. The minimum atomic E-state index is -0.239. The van der Waals surface area contributed by atoms with E-state index in [0.717, 1.165) is 19.3 Å². The highest BCUT2D eigenvalue weighted by Crippen LogP contribution is 2.28. The summed E-state index contributed by atoms with van der Waals surface area (Å²) < 4.78 is 13.9. The van der Waals surface area contributed by atoms with Crippen molar-refractivity contribution in [1.29, 1.82) is 0 Å². The Hall–Kier alpha value is -1.38. The summed E-state index contributed by atoms with van der Waals surface area (Å²) in [6.07, 6.45) is 2.83. The Balaban J connectivity index is 1.99. The third kappa shape index (κ3) is 3.81. The van der Waals surface area contributed by atoms with E-state index in [0.29, 0.717) is 10.6 Å². The SMILES string of the molecule is CNC(CCCc1ccccc1)c1c(F)cccc1Cl. The highest BCUT2D eigenvalue weighted by Gasteiger charge is 2.16. The van der Waals surface area contributed by atoms with Gasteiger partial charge in [-0.3, -0.25) is 0 Å². The molecule has 0 bridgehead atoms. The number of halogens is 2. The van der Waals surface area contributed by atoms with Gasteiger partial charge in [-0.15, -0.1) is 0 Å². The zero-order chi connectivity index (χ0) is 14.4. The second kappa shape index (κ2) is 7.41. The first kappa shape index (κ1) is 15.0. The number of aryl methyl sites for hydroxylation is 1. The van der Waals surface area contributed by atoms with Gasteiger partial charge in [-0.2, -0.15) is 0 Å². The lowest BCUT2D eigenvalue weighted by Gasteiger charge is -2.18. The Morgan fingerprint density at radius 3 is 2.50 bits per heavy atom. The van der Waals surface area contributed by atoms with Gasteiger partial charge >= 0.3 is 0 Å². The fraction of sp³-hybridized carbons (Fsp3) is 0.294. The molecule has 2 rings (SSSR count). The van der Waals surface area contributed by atoms with Gasteiger partial charge in [0.05, 0.1) is 0 Å². The smallest absolute Gasteiger partial charge is 0.129 e. The summed E-state index contributed by atoms with van der Waals surface area (Å²) in [6, 6.07) is 15.1. The van der Waals surface area contributed by atoms with Crippen molar-refractivity contribution in [3.05, 3.63) is 70.5 Å². The molecular formula is C17H19ClFN. The van der Waals surface area contributed by atoms with Crippen LogP contribution in [-0.2, 0) is 6.42 Å². The summed E-state index contributed by atoms with van der Waals surface area (Å²) in [6.45, 7) is 0. The van der Waals surface area contributed by atoms with Crippen molar-refractivity contribution in [3.63, 3.8) is 0 Å². The van der Waals surface area contributed by atoms with Gasteiger partial charge in [0.15, 0.2) is 0 Å². The maximum atomic E-state index is 13.9. The molecule has 0 aliphatic heterocycles. The lowest BCUT2D eigenvalue weighted by atomic mass is 9.98. The first-order chi connectivity index (χ1) is 9.72. The zero-order valence-corrected chi connectivity index (χ0v) is 12.3. The molecule has 20 heavy (non-hydrogen) atoms. The minimum absolute atomic E-state index is 0.0487. The molecule has 1 atom stereocenters. The van der Waals surface area contributed by atoms with Crippen molar-refractivity contribution in [1.82, 2.24) is 5.32 Å². The van der Waals surface area contributed by atoms with E-state index in [1.165, 1.54) is 11.6 Å². The molecule has 1 N–H and O–H groups in total. The van der Waals surface area contributed by atoms with Gasteiger partial charge < -0.3 is 5.32 Å². The normalized spacial score (nSPS) is 12.3. The largest absolute Gasteiger partial charge is 0.313 e. The fourth-order valence-electron chi connectivity index (χ4n) is 2.43. The van der Waals surface area contributed by atoms with Crippen molar-refractivity contribution in [3.8, 4) is 0 Å². The lowest BCUT2D eigenvalue weighted by Crippen LogP contribution is -2.18. The van der Waals surface area contributed by atoms with Crippen LogP contribution in [0.4, 0.5) is 4.39 Å². The average molecular weight is 292 g/mol. The second-order valence-electron chi connectivity index (χ2n) is 4.85. The summed E-state index contributed by atoms with van der Waals surface area (Å²) in [7, 11) is 1.84. The van der Waals surface area contributed by atoms with Crippen LogP contribution < -0.4 is 5.32 Å². The molecule has 0 heterocycles. The predicted molar refractivity (Wildman–Crippen MR) is 82.6 cm³/mol. The molecule has 0 saturated heterocycles. The number of hydrogen-bond donors (Lipinski definition) is 1. The summed E-state index contributed by atoms with van der Waals surface area (Å²) in [5.74, 6) is -0.239. The van der Waals surface area contributed by atoms with E-state index >= 15 is 0 Å². The Bertz CT molecular complexity index is 522. The van der Waals surface area contributed by atoms with Crippen molar-refractivity contribution >= 4 is 11.6 Å². The van der Waals surface area contributed by atoms with Crippen molar-refractivity contribution in [2.24, 2.45) is 0 Å². The third-order valence-corrected chi connectivity index (χ3v) is 3.83. The molecule has 0 aliphatic carbocycles. The van der Waals surface area contributed by atoms with E-state index in [2.05, 4.69) is 17.4 Å². The molecule has 0 spiro atoms. The lowest BCUT2D eigenvalue weighted by molar-refractivity contribution is 0.495. The number of benzene rings is 2. The van der Waals surface area contributed by atoms with Gasteiger partial charge in [0, 0.05) is 16.6 Å². The quantitative estimate of drug-likeness (QED) is 0.809. The average Bonchev–Trinajstić information content (AvgIpc) is 2.46. The molecule has 3 heteroatoms. The highest BCUT2D eigenvalue weighted by atomic mass is 35.5. The van der Waals surface area contributed by atoms with Gasteiger partial charge in [-0.25, -0.2) is 4.39 Å². The Kier molecular flexibility index (Phi) is 5.57. The van der Waals surface area contributed by atoms with E-state index < -0.39 is 0 Å². The van der Waals surface area contributed by atoms with Crippen LogP contribution in [0.5, 0.6) is 0 Å². The molecule has 0 saturated carbocycles. The first-order valence-electron chi connectivity index (χ1n) is 6.87. The van der Waals surface area contributed by atoms with Crippen LogP contribution >= 0.6 is 11.6 Å². The molecule has 0 aromatic heterocycles. The minimum Gasteiger partial charge on any atom is -0.313 e. The monoisotopic (exact) mass is 291 g/mol. The van der Waals surface area contributed by atoms with E-state index in [4.69, 9.17) is 11.6 Å². The third-order valence-electron chi connectivity index (χ3n) is 3.50. The highest BCUT2D eigenvalue weighted by molar-refractivity contribution is 6.31. The zero-order valence-electron chi connectivity index (χ0n) is 11.6. The summed E-state index contributed by atoms with van der Waals surface area (Å²) in [5, 5.41) is 3.65. The van der Waals surface area contributed by atoms with Crippen LogP contribution in [-0.4, -0.2) is 7.05 Å². The van der Waals surface area contributed by atoms with Crippen LogP contribution in [0.1, 0.15) is 30.0 Å². The molecule has 106 valence electrons. The van der Waals surface area contributed by atoms with Crippen molar-refractivity contribution < 1.29 is 4.39 Å². The standard InChI is InChI=1S/C17H19ClFN/c1-20-16(17-14(18)10-6-11-15(17)19)12-5-9-13-7-3-2-4-8-13/h2-4,6-8,10-11,16,20H,5,9,12H2,1H3. The Morgan fingerprint density at radius 2 is 1.85 bits per heavy atom. The fourth-order valence-corrected chi connectivity index (χ4v) is 2.73.